The summed E-state index contributed by atoms with van der Waals surface area (Å²) in [5.41, 5.74) is 1.20. The summed E-state index contributed by atoms with van der Waals surface area (Å²) in [5.74, 6) is 1.81. The molecule has 8 nitrogen and oxygen atoms in total. The zero-order valence-electron chi connectivity index (χ0n) is 19.5. The Labute approximate surface area is 192 Å². The van der Waals surface area contributed by atoms with Crippen molar-refractivity contribution in [1.82, 2.24) is 29.7 Å². The number of rotatable bonds is 6. The van der Waals surface area contributed by atoms with Crippen molar-refractivity contribution >= 4 is 16.8 Å². The van der Waals surface area contributed by atoms with Crippen molar-refractivity contribution in [3.05, 3.63) is 35.6 Å². The van der Waals surface area contributed by atoms with E-state index in [1.54, 1.807) is 13.0 Å². The number of halogens is 1. The average Bonchev–Trinajstić information content (AvgIpc) is 3.55. The number of likely N-dealkylation sites (tertiary alicyclic amines) is 2. The normalized spacial score (nSPS) is 21.7. The van der Waals surface area contributed by atoms with E-state index in [0.717, 1.165) is 56.6 Å². The van der Waals surface area contributed by atoms with Crippen LogP contribution in [0.15, 0.2) is 22.7 Å². The van der Waals surface area contributed by atoms with E-state index >= 15 is 0 Å². The van der Waals surface area contributed by atoms with Gasteiger partial charge in [-0.05, 0) is 48.4 Å². The molecule has 0 spiro atoms. The van der Waals surface area contributed by atoms with Crippen molar-refractivity contribution in [2.45, 2.75) is 46.0 Å². The Bertz CT molecular complexity index is 1160. The molecular formula is C24H31FN6O2. The molecule has 2 aliphatic heterocycles. The predicted molar refractivity (Wildman–Crippen MR) is 122 cm³/mol. The predicted octanol–water partition coefficient (Wildman–Crippen LogP) is 3.40. The lowest BCUT2D eigenvalue weighted by atomic mass is 10.1. The molecule has 2 atom stereocenters. The van der Waals surface area contributed by atoms with Gasteiger partial charge in [0.2, 0.25) is 11.8 Å². The second-order valence-corrected chi connectivity index (χ2v) is 9.81. The SMILES string of the molecule is CC(=O)N1CC[C@@H](CN2CC[C@H](Cc3nc(-n4nc(C(C)C)c5cccc(F)c54)no3)C2)C1. The number of benzene rings is 1. The molecule has 176 valence electrons. The van der Waals surface area contributed by atoms with E-state index in [1.165, 1.54) is 10.7 Å². The molecule has 2 aliphatic rings. The summed E-state index contributed by atoms with van der Waals surface area (Å²) in [5, 5.41) is 9.50. The molecule has 0 saturated carbocycles. The first-order valence-electron chi connectivity index (χ1n) is 11.9. The van der Waals surface area contributed by atoms with Crippen molar-refractivity contribution in [1.29, 1.82) is 0 Å². The fraction of sp³-hybridized carbons (Fsp3) is 0.583. The first kappa shape index (κ1) is 22.0. The summed E-state index contributed by atoms with van der Waals surface area (Å²) in [7, 11) is 0. The van der Waals surface area contributed by atoms with Crippen LogP contribution in [0.3, 0.4) is 0 Å². The third kappa shape index (κ3) is 4.38. The summed E-state index contributed by atoms with van der Waals surface area (Å²) in [6, 6.07) is 5.01. The Hall–Kier alpha value is -2.81. The lowest BCUT2D eigenvalue weighted by molar-refractivity contribution is -0.127. The zero-order valence-corrected chi connectivity index (χ0v) is 19.5. The molecule has 9 heteroatoms. The van der Waals surface area contributed by atoms with Crippen LogP contribution in [0, 0.1) is 17.7 Å². The number of hydrogen-bond donors (Lipinski definition) is 0. The standard InChI is InChI=1S/C24H31FN6O2/c1-15(2)22-19-5-4-6-20(25)23(19)31(27-22)24-26-21(33-28-24)11-17-7-9-29(12-17)13-18-8-10-30(14-18)16(3)32/h4-6,15,17-18H,7-14H2,1-3H3/t17-,18+/m1/s1. The lowest BCUT2D eigenvalue weighted by Crippen LogP contribution is -2.31. The van der Waals surface area contributed by atoms with Crippen LogP contribution in [0.4, 0.5) is 4.39 Å². The smallest absolute Gasteiger partial charge is 0.291 e. The Balaban J connectivity index is 1.25. The first-order chi connectivity index (χ1) is 15.9. The quantitative estimate of drug-likeness (QED) is 0.568. The van der Waals surface area contributed by atoms with E-state index in [-0.39, 0.29) is 23.6 Å². The fourth-order valence-corrected chi connectivity index (χ4v) is 5.26. The van der Waals surface area contributed by atoms with Gasteiger partial charge in [-0.15, -0.1) is 0 Å². The van der Waals surface area contributed by atoms with Crippen LogP contribution in [-0.4, -0.2) is 68.4 Å². The van der Waals surface area contributed by atoms with Crippen LogP contribution in [0.25, 0.3) is 16.9 Å². The van der Waals surface area contributed by atoms with E-state index in [9.17, 15) is 9.18 Å². The van der Waals surface area contributed by atoms with Crippen molar-refractivity contribution in [2.24, 2.45) is 11.8 Å². The molecule has 2 saturated heterocycles. The maximum atomic E-state index is 14.6. The number of fused-ring (bicyclic) bond motifs is 1. The summed E-state index contributed by atoms with van der Waals surface area (Å²) < 4.78 is 21.7. The Morgan fingerprint density at radius 3 is 2.79 bits per heavy atom. The van der Waals surface area contributed by atoms with Gasteiger partial charge >= 0.3 is 0 Å². The van der Waals surface area contributed by atoms with E-state index in [1.807, 2.05) is 24.8 Å². The monoisotopic (exact) mass is 454 g/mol. The minimum atomic E-state index is -0.347. The Morgan fingerprint density at radius 2 is 2.03 bits per heavy atom. The first-order valence-corrected chi connectivity index (χ1v) is 11.9. The maximum Gasteiger partial charge on any atom is 0.291 e. The molecule has 4 heterocycles. The van der Waals surface area contributed by atoms with Gasteiger partial charge in [0, 0.05) is 44.9 Å². The number of aromatic nitrogens is 4. The number of para-hydroxylation sites is 1. The van der Waals surface area contributed by atoms with Gasteiger partial charge in [0.1, 0.15) is 11.3 Å². The van der Waals surface area contributed by atoms with Crippen LogP contribution in [0.5, 0.6) is 0 Å². The molecule has 0 bridgehead atoms. The third-order valence-corrected chi connectivity index (χ3v) is 6.96. The van der Waals surface area contributed by atoms with Crippen LogP contribution in [0.2, 0.25) is 0 Å². The van der Waals surface area contributed by atoms with Crippen LogP contribution in [0.1, 0.15) is 51.1 Å². The van der Waals surface area contributed by atoms with E-state index < -0.39 is 0 Å². The molecule has 5 rings (SSSR count). The van der Waals surface area contributed by atoms with Crippen molar-refractivity contribution in [3.8, 4) is 5.95 Å². The van der Waals surface area contributed by atoms with Gasteiger partial charge < -0.3 is 14.3 Å². The molecule has 33 heavy (non-hydrogen) atoms. The van der Waals surface area contributed by atoms with Crippen LogP contribution >= 0.6 is 0 Å². The highest BCUT2D eigenvalue weighted by molar-refractivity contribution is 5.84. The molecule has 0 aliphatic carbocycles. The summed E-state index contributed by atoms with van der Waals surface area (Å²) in [6.07, 6.45) is 2.87. The van der Waals surface area contributed by atoms with E-state index in [4.69, 9.17) is 4.52 Å². The highest BCUT2D eigenvalue weighted by Crippen LogP contribution is 2.29. The molecule has 0 N–H and O–H groups in total. The largest absolute Gasteiger partial charge is 0.343 e. The van der Waals surface area contributed by atoms with Crippen molar-refractivity contribution in [2.75, 3.05) is 32.7 Å². The van der Waals surface area contributed by atoms with Gasteiger partial charge in [-0.25, -0.2) is 4.39 Å². The fourth-order valence-electron chi connectivity index (χ4n) is 5.26. The van der Waals surface area contributed by atoms with Crippen molar-refractivity contribution in [3.63, 3.8) is 0 Å². The minimum absolute atomic E-state index is 0.147. The summed E-state index contributed by atoms with van der Waals surface area (Å²) >= 11 is 0. The van der Waals surface area contributed by atoms with E-state index in [2.05, 4.69) is 20.1 Å². The number of carbonyl (C=O) groups excluding carboxylic acids is 1. The highest BCUT2D eigenvalue weighted by Gasteiger charge is 2.30. The minimum Gasteiger partial charge on any atom is -0.343 e. The lowest BCUT2D eigenvalue weighted by Gasteiger charge is -2.20. The highest BCUT2D eigenvalue weighted by atomic mass is 19.1. The molecule has 0 unspecified atom stereocenters. The Kier molecular flexibility index (Phi) is 5.90. The summed E-state index contributed by atoms with van der Waals surface area (Å²) in [6.45, 7) is 10.5. The summed E-state index contributed by atoms with van der Waals surface area (Å²) in [4.78, 5) is 20.6. The van der Waals surface area contributed by atoms with Gasteiger partial charge in [-0.2, -0.15) is 14.8 Å². The second-order valence-electron chi connectivity index (χ2n) is 9.81. The van der Waals surface area contributed by atoms with Crippen molar-refractivity contribution < 1.29 is 13.7 Å². The second kappa shape index (κ2) is 8.85. The third-order valence-electron chi connectivity index (χ3n) is 6.96. The molecule has 0 radical (unpaired) electrons. The van der Waals surface area contributed by atoms with Crippen LogP contribution in [-0.2, 0) is 11.2 Å². The van der Waals surface area contributed by atoms with Gasteiger partial charge in [0.25, 0.3) is 5.95 Å². The van der Waals surface area contributed by atoms with Gasteiger partial charge in [0.05, 0.1) is 5.69 Å². The van der Waals surface area contributed by atoms with Crippen LogP contribution < -0.4 is 0 Å². The number of hydrogen-bond acceptors (Lipinski definition) is 6. The maximum absolute atomic E-state index is 14.6. The number of amides is 1. The molecule has 2 aromatic heterocycles. The number of carbonyl (C=O) groups is 1. The zero-order chi connectivity index (χ0) is 23.1. The average molecular weight is 455 g/mol. The van der Waals surface area contributed by atoms with Gasteiger partial charge in [-0.3, -0.25) is 4.79 Å². The number of nitrogens with zero attached hydrogens (tertiary/aromatic N) is 6. The molecule has 2 fully saturated rings. The molecule has 3 aromatic rings. The van der Waals surface area contributed by atoms with Gasteiger partial charge in [0.15, 0.2) is 0 Å². The molecular weight excluding hydrogens is 423 g/mol. The Morgan fingerprint density at radius 1 is 1.21 bits per heavy atom. The van der Waals surface area contributed by atoms with E-state index in [0.29, 0.717) is 29.7 Å². The topological polar surface area (TPSA) is 80.3 Å². The molecule has 1 aromatic carbocycles. The molecule has 1 amide bonds. The van der Waals surface area contributed by atoms with Gasteiger partial charge in [-0.1, -0.05) is 26.0 Å².